The molecule has 0 amide bonds. The van der Waals surface area contributed by atoms with Crippen LogP contribution < -0.4 is 5.32 Å². The van der Waals surface area contributed by atoms with Gasteiger partial charge in [-0.25, -0.2) is 0 Å². The molecule has 1 aliphatic heterocycles. The molecule has 2 fully saturated rings. The summed E-state index contributed by atoms with van der Waals surface area (Å²) in [5.74, 6) is 0. The first-order valence-corrected chi connectivity index (χ1v) is 5.96. The Bertz CT molecular complexity index is 161. The number of nitrogens with zero attached hydrogens (tertiary/aromatic N) is 1. The van der Waals surface area contributed by atoms with Gasteiger partial charge in [0.2, 0.25) is 0 Å². The molecule has 0 aromatic carbocycles. The Morgan fingerprint density at radius 1 is 1.29 bits per heavy atom. The molecule has 3 nitrogen and oxygen atoms in total. The molecule has 0 atom stereocenters. The fourth-order valence-electron chi connectivity index (χ4n) is 2.44. The molecule has 2 aliphatic rings. The lowest BCUT2D eigenvalue weighted by molar-refractivity contribution is -0.0448. The number of hydrogen-bond acceptors (Lipinski definition) is 3. The van der Waals surface area contributed by atoms with Crippen LogP contribution in [-0.4, -0.2) is 49.8 Å². The van der Waals surface area contributed by atoms with E-state index in [0.717, 1.165) is 19.2 Å². The van der Waals surface area contributed by atoms with Gasteiger partial charge in [-0.15, -0.1) is 0 Å². The van der Waals surface area contributed by atoms with Crippen molar-refractivity contribution in [2.24, 2.45) is 0 Å². The van der Waals surface area contributed by atoms with Crippen molar-refractivity contribution in [1.82, 2.24) is 10.2 Å². The van der Waals surface area contributed by atoms with Crippen molar-refractivity contribution in [1.29, 1.82) is 0 Å². The largest absolute Gasteiger partial charge is 0.378 e. The fraction of sp³-hybridized carbons (Fsp3) is 1.00. The molecule has 2 rings (SSSR count). The summed E-state index contributed by atoms with van der Waals surface area (Å²) in [5, 5.41) is 3.44. The van der Waals surface area contributed by atoms with E-state index in [0.29, 0.717) is 6.10 Å². The molecule has 1 N–H and O–H groups in total. The Morgan fingerprint density at radius 2 is 2.14 bits per heavy atom. The molecule has 0 radical (unpaired) electrons. The van der Waals surface area contributed by atoms with E-state index in [2.05, 4.69) is 17.1 Å². The first-order chi connectivity index (χ1) is 6.90. The summed E-state index contributed by atoms with van der Waals surface area (Å²) < 4.78 is 5.59. The molecule has 0 bridgehead atoms. The lowest BCUT2D eigenvalue weighted by atomic mass is 9.87. The van der Waals surface area contributed by atoms with E-state index in [9.17, 15) is 0 Å². The zero-order chi connectivity index (χ0) is 9.80. The summed E-state index contributed by atoms with van der Waals surface area (Å²) >= 11 is 0. The van der Waals surface area contributed by atoms with E-state index in [4.69, 9.17) is 4.74 Å². The third-order valence-corrected chi connectivity index (χ3v) is 3.36. The van der Waals surface area contributed by atoms with Crippen molar-refractivity contribution >= 4 is 0 Å². The Labute approximate surface area is 86.8 Å². The second-order valence-electron chi connectivity index (χ2n) is 4.34. The van der Waals surface area contributed by atoms with Crippen LogP contribution in [0.5, 0.6) is 0 Å². The van der Waals surface area contributed by atoms with Crippen molar-refractivity contribution in [3.05, 3.63) is 0 Å². The second-order valence-corrected chi connectivity index (χ2v) is 4.34. The maximum atomic E-state index is 5.59. The molecule has 0 spiro atoms. The third-order valence-electron chi connectivity index (χ3n) is 3.36. The first kappa shape index (κ1) is 10.4. The molecule has 3 heteroatoms. The summed E-state index contributed by atoms with van der Waals surface area (Å²) in [6.45, 7) is 7.82. The maximum absolute atomic E-state index is 5.59. The van der Waals surface area contributed by atoms with Crippen LogP contribution in [0, 0.1) is 0 Å². The summed E-state index contributed by atoms with van der Waals surface area (Å²) in [6.07, 6.45) is 4.37. The molecule has 1 heterocycles. The molecule has 0 unspecified atom stereocenters. The standard InChI is InChI=1S/C11H22N2O/c1-2-14-11-8-10(9-11)13-6-3-4-12-5-7-13/h10-12H,2-9H2,1H3. The highest BCUT2D eigenvalue weighted by atomic mass is 16.5. The molecule has 1 aliphatic carbocycles. The average Bonchev–Trinajstić information content (AvgIpc) is 2.38. The third kappa shape index (κ3) is 2.47. The van der Waals surface area contributed by atoms with E-state index in [1.165, 1.54) is 38.9 Å². The predicted octanol–water partition coefficient (Wildman–Crippen LogP) is 0.849. The van der Waals surface area contributed by atoms with Gasteiger partial charge in [0.05, 0.1) is 6.10 Å². The smallest absolute Gasteiger partial charge is 0.0604 e. The summed E-state index contributed by atoms with van der Waals surface area (Å²) in [7, 11) is 0. The van der Waals surface area contributed by atoms with Gasteiger partial charge in [0.1, 0.15) is 0 Å². The molecule has 82 valence electrons. The average molecular weight is 198 g/mol. The van der Waals surface area contributed by atoms with Gasteiger partial charge in [-0.1, -0.05) is 0 Å². The Balaban J connectivity index is 1.69. The van der Waals surface area contributed by atoms with Crippen molar-refractivity contribution in [3.63, 3.8) is 0 Å². The van der Waals surface area contributed by atoms with Gasteiger partial charge >= 0.3 is 0 Å². The van der Waals surface area contributed by atoms with Gasteiger partial charge in [-0.05, 0) is 39.3 Å². The van der Waals surface area contributed by atoms with Crippen LogP contribution in [0.2, 0.25) is 0 Å². The highest BCUT2D eigenvalue weighted by molar-refractivity contribution is 4.89. The second kappa shape index (κ2) is 5.10. The van der Waals surface area contributed by atoms with Crippen molar-refractivity contribution in [3.8, 4) is 0 Å². The SMILES string of the molecule is CCOC1CC(N2CCCNCC2)C1. The molecule has 0 aromatic rings. The van der Waals surface area contributed by atoms with Crippen LogP contribution in [0.3, 0.4) is 0 Å². The Kier molecular flexibility index (Phi) is 3.79. The zero-order valence-electron chi connectivity index (χ0n) is 9.17. The highest BCUT2D eigenvalue weighted by Gasteiger charge is 2.33. The highest BCUT2D eigenvalue weighted by Crippen LogP contribution is 2.28. The van der Waals surface area contributed by atoms with Gasteiger partial charge in [0, 0.05) is 25.7 Å². The van der Waals surface area contributed by atoms with Crippen LogP contribution in [0.1, 0.15) is 26.2 Å². The predicted molar refractivity (Wildman–Crippen MR) is 57.5 cm³/mol. The van der Waals surface area contributed by atoms with E-state index in [1.54, 1.807) is 0 Å². The topological polar surface area (TPSA) is 24.5 Å². The fourth-order valence-corrected chi connectivity index (χ4v) is 2.44. The maximum Gasteiger partial charge on any atom is 0.0604 e. The van der Waals surface area contributed by atoms with E-state index < -0.39 is 0 Å². The molecular formula is C11H22N2O. The number of ether oxygens (including phenoxy) is 1. The first-order valence-electron chi connectivity index (χ1n) is 5.96. The molecule has 0 aromatic heterocycles. The van der Waals surface area contributed by atoms with Crippen LogP contribution >= 0.6 is 0 Å². The van der Waals surface area contributed by atoms with Gasteiger partial charge in [-0.2, -0.15) is 0 Å². The summed E-state index contributed by atoms with van der Waals surface area (Å²) in [6, 6.07) is 0.812. The Morgan fingerprint density at radius 3 is 2.93 bits per heavy atom. The molecular weight excluding hydrogens is 176 g/mol. The normalized spacial score (nSPS) is 34.9. The van der Waals surface area contributed by atoms with Crippen LogP contribution in [0.15, 0.2) is 0 Å². The van der Waals surface area contributed by atoms with Gasteiger partial charge < -0.3 is 10.1 Å². The summed E-state index contributed by atoms with van der Waals surface area (Å²) in [4.78, 5) is 2.63. The van der Waals surface area contributed by atoms with Gasteiger partial charge in [0.15, 0.2) is 0 Å². The van der Waals surface area contributed by atoms with Crippen molar-refractivity contribution in [2.45, 2.75) is 38.3 Å². The number of hydrogen-bond donors (Lipinski definition) is 1. The number of nitrogens with one attached hydrogen (secondary N) is 1. The van der Waals surface area contributed by atoms with Gasteiger partial charge in [0.25, 0.3) is 0 Å². The zero-order valence-corrected chi connectivity index (χ0v) is 9.17. The molecule has 1 saturated carbocycles. The minimum Gasteiger partial charge on any atom is -0.378 e. The van der Waals surface area contributed by atoms with E-state index in [-0.39, 0.29) is 0 Å². The lowest BCUT2D eigenvalue weighted by Gasteiger charge is -2.42. The summed E-state index contributed by atoms with van der Waals surface area (Å²) in [5.41, 5.74) is 0. The van der Waals surface area contributed by atoms with Crippen LogP contribution in [0.25, 0.3) is 0 Å². The molecule has 14 heavy (non-hydrogen) atoms. The van der Waals surface area contributed by atoms with E-state index in [1.807, 2.05) is 0 Å². The molecule has 1 saturated heterocycles. The van der Waals surface area contributed by atoms with Crippen LogP contribution in [0.4, 0.5) is 0 Å². The van der Waals surface area contributed by atoms with Crippen molar-refractivity contribution in [2.75, 3.05) is 32.8 Å². The van der Waals surface area contributed by atoms with Crippen molar-refractivity contribution < 1.29 is 4.74 Å². The lowest BCUT2D eigenvalue weighted by Crippen LogP contribution is -2.49. The minimum absolute atomic E-state index is 0.557. The number of rotatable bonds is 3. The van der Waals surface area contributed by atoms with E-state index >= 15 is 0 Å². The van der Waals surface area contributed by atoms with Crippen LogP contribution in [-0.2, 0) is 4.74 Å². The minimum atomic E-state index is 0.557. The van der Waals surface area contributed by atoms with Gasteiger partial charge in [-0.3, -0.25) is 4.90 Å². The quantitative estimate of drug-likeness (QED) is 0.727. The monoisotopic (exact) mass is 198 g/mol. The Hall–Kier alpha value is -0.120.